The number of hydrogen-bond donors (Lipinski definition) is 0. The zero-order valence-electron chi connectivity index (χ0n) is 14.5. The van der Waals surface area contributed by atoms with Crippen molar-refractivity contribution in [3.8, 4) is 0 Å². The van der Waals surface area contributed by atoms with Crippen molar-refractivity contribution in [2.75, 3.05) is 25.0 Å². The Balaban J connectivity index is 1.91. The van der Waals surface area contributed by atoms with E-state index in [0.29, 0.717) is 0 Å². The van der Waals surface area contributed by atoms with Crippen LogP contribution in [0.3, 0.4) is 0 Å². The fourth-order valence-electron chi connectivity index (χ4n) is 3.23. The van der Waals surface area contributed by atoms with Crippen LogP contribution in [-0.4, -0.2) is 37.8 Å². The standard InChI is InChI=1S/C18H21N3O4S/c1-19(26(24,25)18-11-5-4-10-17(18)21(22)23)14-15-8-2-3-9-16(15)20-12-6-7-13-20/h2-5,8-11H,6-7,12-14H2,1H3. The summed E-state index contributed by atoms with van der Waals surface area (Å²) in [5.41, 5.74) is 1.50. The van der Waals surface area contributed by atoms with Gasteiger partial charge in [0.05, 0.1) is 4.92 Å². The third kappa shape index (κ3) is 3.56. The van der Waals surface area contributed by atoms with Gasteiger partial charge in [-0.3, -0.25) is 10.1 Å². The molecule has 0 atom stereocenters. The largest absolute Gasteiger partial charge is 0.371 e. The van der Waals surface area contributed by atoms with Gasteiger partial charge in [-0.15, -0.1) is 0 Å². The highest BCUT2D eigenvalue weighted by Gasteiger charge is 2.29. The maximum absolute atomic E-state index is 12.9. The molecule has 0 N–H and O–H groups in total. The lowest BCUT2D eigenvalue weighted by molar-refractivity contribution is -0.387. The van der Waals surface area contributed by atoms with Crippen LogP contribution >= 0.6 is 0 Å². The molecule has 0 radical (unpaired) electrons. The Morgan fingerprint density at radius 2 is 1.69 bits per heavy atom. The van der Waals surface area contributed by atoms with Gasteiger partial charge in [-0.1, -0.05) is 30.3 Å². The molecule has 26 heavy (non-hydrogen) atoms. The number of nitrogens with zero attached hydrogens (tertiary/aromatic N) is 3. The van der Waals surface area contributed by atoms with Gasteiger partial charge in [-0.05, 0) is 30.5 Å². The summed E-state index contributed by atoms with van der Waals surface area (Å²) in [6.45, 7) is 2.07. The smallest absolute Gasteiger partial charge is 0.289 e. The van der Waals surface area contributed by atoms with Gasteiger partial charge in [-0.25, -0.2) is 8.42 Å². The molecule has 8 heteroatoms. The number of anilines is 1. The quantitative estimate of drug-likeness (QED) is 0.572. The van der Waals surface area contributed by atoms with Crippen LogP contribution in [0.1, 0.15) is 18.4 Å². The van der Waals surface area contributed by atoms with Crippen molar-refractivity contribution in [1.29, 1.82) is 0 Å². The van der Waals surface area contributed by atoms with E-state index in [1.807, 2.05) is 24.3 Å². The van der Waals surface area contributed by atoms with E-state index < -0.39 is 20.6 Å². The predicted octanol–water partition coefficient (Wildman–Crippen LogP) is 3.02. The SMILES string of the molecule is CN(Cc1ccccc1N1CCCC1)S(=O)(=O)c1ccccc1[N+](=O)[O-]. The summed E-state index contributed by atoms with van der Waals surface area (Å²) in [5, 5.41) is 11.2. The highest BCUT2D eigenvalue weighted by Crippen LogP contribution is 2.29. The second-order valence-electron chi connectivity index (χ2n) is 6.31. The highest BCUT2D eigenvalue weighted by atomic mass is 32.2. The van der Waals surface area contributed by atoms with Gasteiger partial charge in [0, 0.05) is 38.4 Å². The number of para-hydroxylation sites is 2. The van der Waals surface area contributed by atoms with E-state index in [0.717, 1.165) is 37.2 Å². The van der Waals surface area contributed by atoms with E-state index in [1.165, 1.54) is 35.6 Å². The second-order valence-corrected chi connectivity index (χ2v) is 8.32. The Hall–Kier alpha value is -2.45. The Morgan fingerprint density at radius 3 is 2.38 bits per heavy atom. The van der Waals surface area contributed by atoms with Crippen LogP contribution < -0.4 is 4.90 Å². The molecule has 0 amide bonds. The number of hydrogen-bond acceptors (Lipinski definition) is 5. The summed E-state index contributed by atoms with van der Waals surface area (Å²) in [4.78, 5) is 12.5. The molecule has 1 fully saturated rings. The molecule has 0 spiro atoms. The average molecular weight is 375 g/mol. The highest BCUT2D eigenvalue weighted by molar-refractivity contribution is 7.89. The van der Waals surface area contributed by atoms with Crippen LogP contribution in [-0.2, 0) is 16.6 Å². The van der Waals surface area contributed by atoms with Crippen LogP contribution in [0.2, 0.25) is 0 Å². The molecule has 1 saturated heterocycles. The van der Waals surface area contributed by atoms with Gasteiger partial charge in [0.2, 0.25) is 10.0 Å². The summed E-state index contributed by atoms with van der Waals surface area (Å²) in [6, 6.07) is 13.1. The van der Waals surface area contributed by atoms with Crippen molar-refractivity contribution in [3.05, 3.63) is 64.2 Å². The Kier molecular flexibility index (Phi) is 5.24. The van der Waals surface area contributed by atoms with E-state index in [-0.39, 0.29) is 11.4 Å². The molecule has 0 unspecified atom stereocenters. The molecular weight excluding hydrogens is 354 g/mol. The number of benzene rings is 2. The Bertz CT molecular complexity index is 908. The first-order chi connectivity index (χ1) is 12.4. The minimum absolute atomic E-state index is 0.154. The molecule has 0 aliphatic carbocycles. The molecule has 2 aromatic carbocycles. The van der Waals surface area contributed by atoms with Crippen molar-refractivity contribution in [3.63, 3.8) is 0 Å². The first-order valence-electron chi connectivity index (χ1n) is 8.44. The minimum Gasteiger partial charge on any atom is -0.371 e. The van der Waals surface area contributed by atoms with Crippen molar-refractivity contribution in [2.45, 2.75) is 24.3 Å². The fraction of sp³-hybridized carbons (Fsp3) is 0.333. The fourth-order valence-corrected chi connectivity index (χ4v) is 4.53. The van der Waals surface area contributed by atoms with Crippen molar-refractivity contribution >= 4 is 21.4 Å². The first kappa shape index (κ1) is 18.3. The van der Waals surface area contributed by atoms with Crippen LogP contribution in [0.15, 0.2) is 53.4 Å². The van der Waals surface area contributed by atoms with E-state index >= 15 is 0 Å². The third-order valence-electron chi connectivity index (χ3n) is 4.58. The molecule has 0 saturated carbocycles. The summed E-state index contributed by atoms with van der Waals surface area (Å²) >= 11 is 0. The number of sulfonamides is 1. The molecule has 138 valence electrons. The minimum atomic E-state index is -3.98. The van der Waals surface area contributed by atoms with Crippen LogP contribution in [0.25, 0.3) is 0 Å². The molecule has 1 aliphatic rings. The van der Waals surface area contributed by atoms with Crippen LogP contribution in [0.4, 0.5) is 11.4 Å². The second kappa shape index (κ2) is 7.43. The maximum atomic E-state index is 12.9. The van der Waals surface area contributed by atoms with E-state index in [2.05, 4.69) is 4.90 Å². The molecule has 1 aliphatic heterocycles. The normalized spacial score (nSPS) is 14.8. The number of rotatable bonds is 6. The summed E-state index contributed by atoms with van der Waals surface area (Å²) in [7, 11) is -2.53. The van der Waals surface area contributed by atoms with Crippen molar-refractivity contribution < 1.29 is 13.3 Å². The van der Waals surface area contributed by atoms with E-state index in [4.69, 9.17) is 0 Å². The van der Waals surface area contributed by atoms with E-state index in [9.17, 15) is 18.5 Å². The van der Waals surface area contributed by atoms with Crippen molar-refractivity contribution in [1.82, 2.24) is 4.31 Å². The molecule has 1 heterocycles. The number of nitro benzene ring substituents is 1. The Labute approximate surface area is 153 Å². The van der Waals surface area contributed by atoms with Gasteiger partial charge in [0.1, 0.15) is 0 Å². The monoisotopic (exact) mass is 375 g/mol. The average Bonchev–Trinajstić information content (AvgIpc) is 3.16. The van der Waals surface area contributed by atoms with Crippen LogP contribution in [0.5, 0.6) is 0 Å². The molecular formula is C18H21N3O4S. The van der Waals surface area contributed by atoms with E-state index in [1.54, 1.807) is 0 Å². The zero-order chi connectivity index (χ0) is 18.7. The third-order valence-corrected chi connectivity index (χ3v) is 6.43. The topological polar surface area (TPSA) is 83.8 Å². The first-order valence-corrected chi connectivity index (χ1v) is 9.88. The lowest BCUT2D eigenvalue weighted by atomic mass is 10.1. The van der Waals surface area contributed by atoms with Crippen molar-refractivity contribution in [2.24, 2.45) is 0 Å². The van der Waals surface area contributed by atoms with Gasteiger partial charge in [0.25, 0.3) is 5.69 Å². The molecule has 3 rings (SSSR count). The molecule has 7 nitrogen and oxygen atoms in total. The molecule has 0 aromatic heterocycles. The maximum Gasteiger partial charge on any atom is 0.289 e. The zero-order valence-corrected chi connectivity index (χ0v) is 15.4. The lowest BCUT2D eigenvalue weighted by Crippen LogP contribution is -2.28. The summed E-state index contributed by atoms with van der Waals surface area (Å²) in [5.74, 6) is 0. The lowest BCUT2D eigenvalue weighted by Gasteiger charge is -2.24. The molecule has 0 bridgehead atoms. The Morgan fingerprint density at radius 1 is 1.08 bits per heavy atom. The van der Waals surface area contributed by atoms with Gasteiger partial charge in [-0.2, -0.15) is 4.31 Å². The predicted molar refractivity (Wildman–Crippen MR) is 99.6 cm³/mol. The molecule has 2 aromatic rings. The number of nitro groups is 1. The van der Waals surface area contributed by atoms with Gasteiger partial charge < -0.3 is 4.90 Å². The summed E-state index contributed by atoms with van der Waals surface area (Å²) < 4.78 is 27.0. The van der Waals surface area contributed by atoms with Gasteiger partial charge in [0.15, 0.2) is 4.90 Å². The summed E-state index contributed by atoms with van der Waals surface area (Å²) in [6.07, 6.45) is 2.25. The van der Waals surface area contributed by atoms with Gasteiger partial charge >= 0.3 is 0 Å². The van der Waals surface area contributed by atoms with Crippen LogP contribution in [0, 0.1) is 10.1 Å².